The van der Waals surface area contributed by atoms with Gasteiger partial charge in [0.1, 0.15) is 5.82 Å². The van der Waals surface area contributed by atoms with Gasteiger partial charge in [-0.25, -0.2) is 9.97 Å². The molecule has 0 spiro atoms. The molecule has 0 aliphatic heterocycles. The van der Waals surface area contributed by atoms with Crippen molar-refractivity contribution in [2.75, 3.05) is 0 Å². The van der Waals surface area contributed by atoms with Crippen LogP contribution in [0.4, 0.5) is 0 Å². The van der Waals surface area contributed by atoms with Crippen LogP contribution in [0.2, 0.25) is 0 Å². The summed E-state index contributed by atoms with van der Waals surface area (Å²) < 4.78 is 0. The van der Waals surface area contributed by atoms with Crippen molar-refractivity contribution in [1.82, 2.24) is 15.0 Å². The van der Waals surface area contributed by atoms with Gasteiger partial charge in [-0.15, -0.1) is 29.8 Å². The molecule has 0 N–H and O–H groups in total. The standard InChI is InChI=1S/C43H28N3.Ir/c1-3-12-30(13-4-1)32-18-9-21-36(24-32)41-28-42(37-22-10-19-33(25-37)31-14-5-2-6-15-31)46-43(45-41)38-23-11-20-35(26-38)40-27-34-16-7-8-17-39(34)29-44-40;/h1-19,21-29H;/q-1;. The van der Waals surface area contributed by atoms with Gasteiger partial charge < -0.3 is 4.98 Å². The van der Waals surface area contributed by atoms with Crippen molar-refractivity contribution >= 4 is 10.8 Å². The van der Waals surface area contributed by atoms with Crippen molar-refractivity contribution in [2.24, 2.45) is 0 Å². The Morgan fingerprint density at radius 2 is 0.915 bits per heavy atom. The van der Waals surface area contributed by atoms with Crippen molar-refractivity contribution in [3.05, 3.63) is 176 Å². The summed E-state index contributed by atoms with van der Waals surface area (Å²) in [6.45, 7) is 0. The molecule has 0 saturated heterocycles. The summed E-state index contributed by atoms with van der Waals surface area (Å²) >= 11 is 0. The van der Waals surface area contributed by atoms with Gasteiger partial charge in [0.2, 0.25) is 0 Å². The zero-order chi connectivity index (χ0) is 30.7. The molecule has 6 aromatic carbocycles. The van der Waals surface area contributed by atoms with Crippen LogP contribution in [0.1, 0.15) is 0 Å². The Balaban J connectivity index is 0.00000351. The molecule has 225 valence electrons. The zero-order valence-corrected chi connectivity index (χ0v) is 27.7. The second-order valence-electron chi connectivity index (χ2n) is 11.3. The Morgan fingerprint density at radius 1 is 0.383 bits per heavy atom. The molecule has 0 aliphatic carbocycles. The number of benzene rings is 6. The number of pyridine rings is 1. The summed E-state index contributed by atoms with van der Waals surface area (Å²) in [5.41, 5.74) is 11.1. The largest absolute Gasteiger partial charge is 0.304 e. The van der Waals surface area contributed by atoms with E-state index in [4.69, 9.17) is 15.0 Å². The molecule has 0 aliphatic rings. The molecule has 4 heteroatoms. The molecule has 2 heterocycles. The van der Waals surface area contributed by atoms with Gasteiger partial charge in [-0.3, -0.25) is 0 Å². The molecule has 47 heavy (non-hydrogen) atoms. The summed E-state index contributed by atoms with van der Waals surface area (Å²) in [6, 6.07) is 59.9. The average molecular weight is 779 g/mol. The van der Waals surface area contributed by atoms with E-state index in [0.717, 1.165) is 61.2 Å². The summed E-state index contributed by atoms with van der Waals surface area (Å²) in [4.78, 5) is 15.1. The molecule has 3 nitrogen and oxygen atoms in total. The van der Waals surface area contributed by atoms with Crippen LogP contribution in [0.15, 0.2) is 170 Å². The fourth-order valence-corrected chi connectivity index (χ4v) is 5.83. The number of rotatable bonds is 6. The minimum Gasteiger partial charge on any atom is -0.304 e. The van der Waals surface area contributed by atoms with E-state index in [2.05, 4.69) is 133 Å². The first-order valence-corrected chi connectivity index (χ1v) is 15.3. The van der Waals surface area contributed by atoms with Gasteiger partial charge in [0, 0.05) is 37.4 Å². The third-order valence-corrected chi connectivity index (χ3v) is 8.22. The van der Waals surface area contributed by atoms with Crippen molar-refractivity contribution in [3.8, 4) is 67.4 Å². The molecule has 8 rings (SSSR count). The van der Waals surface area contributed by atoms with E-state index in [1.165, 1.54) is 11.1 Å². The Kier molecular flexibility index (Phi) is 8.62. The molecule has 2 aromatic heterocycles. The second-order valence-corrected chi connectivity index (χ2v) is 11.3. The topological polar surface area (TPSA) is 38.7 Å². The van der Waals surface area contributed by atoms with Gasteiger partial charge in [0.05, 0.1) is 11.4 Å². The van der Waals surface area contributed by atoms with Crippen LogP contribution in [0.5, 0.6) is 0 Å². The van der Waals surface area contributed by atoms with Crippen LogP contribution in [0.3, 0.4) is 0 Å². The van der Waals surface area contributed by atoms with Gasteiger partial charge in [0.25, 0.3) is 0 Å². The number of fused-ring (bicyclic) bond motifs is 1. The minimum atomic E-state index is 0. The van der Waals surface area contributed by atoms with Crippen LogP contribution >= 0.6 is 0 Å². The second kappa shape index (κ2) is 13.4. The maximum absolute atomic E-state index is 5.15. The number of hydrogen-bond acceptors (Lipinski definition) is 3. The van der Waals surface area contributed by atoms with Gasteiger partial charge in [-0.05, 0) is 56.9 Å². The van der Waals surface area contributed by atoms with Crippen LogP contribution in [-0.2, 0) is 20.1 Å². The van der Waals surface area contributed by atoms with E-state index in [9.17, 15) is 0 Å². The van der Waals surface area contributed by atoms with E-state index < -0.39 is 0 Å². The maximum Gasteiger partial charge on any atom is 0.142 e. The fourth-order valence-electron chi connectivity index (χ4n) is 5.83. The van der Waals surface area contributed by atoms with Crippen molar-refractivity contribution < 1.29 is 20.1 Å². The van der Waals surface area contributed by atoms with Crippen LogP contribution in [0, 0.1) is 6.07 Å². The first-order valence-electron chi connectivity index (χ1n) is 15.3. The summed E-state index contributed by atoms with van der Waals surface area (Å²) in [6.07, 6.45) is 1.92. The van der Waals surface area contributed by atoms with Crippen LogP contribution in [-0.4, -0.2) is 15.0 Å². The van der Waals surface area contributed by atoms with E-state index in [1.54, 1.807) is 0 Å². The van der Waals surface area contributed by atoms with Gasteiger partial charge in [-0.2, -0.15) is 0 Å². The SMILES string of the molecule is [Ir].[c-]1ccc(-c2nc(-c3cccc(-c4ccccc4)c3)cc(-c3cccc(-c4ccccc4)c3)n2)cc1-c1cc2ccccc2cn1. The first-order chi connectivity index (χ1) is 22.8. The van der Waals surface area contributed by atoms with Gasteiger partial charge >= 0.3 is 0 Å². The predicted octanol–water partition coefficient (Wildman–Crippen LogP) is 10.8. The molecular formula is C43H28IrN3-. The zero-order valence-electron chi connectivity index (χ0n) is 25.3. The van der Waals surface area contributed by atoms with Crippen LogP contribution < -0.4 is 0 Å². The molecule has 0 bridgehead atoms. The van der Waals surface area contributed by atoms with E-state index in [0.29, 0.717) is 5.82 Å². The Bertz CT molecular complexity index is 2220. The average Bonchev–Trinajstić information content (AvgIpc) is 3.15. The van der Waals surface area contributed by atoms with Gasteiger partial charge in [-0.1, -0.05) is 133 Å². The molecule has 0 saturated carbocycles. The van der Waals surface area contributed by atoms with E-state index in [-0.39, 0.29) is 20.1 Å². The van der Waals surface area contributed by atoms with Crippen molar-refractivity contribution in [3.63, 3.8) is 0 Å². The number of aromatic nitrogens is 3. The molecule has 0 atom stereocenters. The minimum absolute atomic E-state index is 0. The van der Waals surface area contributed by atoms with E-state index in [1.807, 2.05) is 42.6 Å². The number of nitrogens with zero attached hydrogens (tertiary/aromatic N) is 3. The Hall–Kier alpha value is -5.54. The number of hydrogen-bond donors (Lipinski definition) is 0. The summed E-state index contributed by atoms with van der Waals surface area (Å²) in [5, 5.41) is 2.25. The Labute approximate surface area is 288 Å². The summed E-state index contributed by atoms with van der Waals surface area (Å²) in [7, 11) is 0. The third kappa shape index (κ3) is 6.43. The van der Waals surface area contributed by atoms with Crippen LogP contribution in [0.25, 0.3) is 78.2 Å². The van der Waals surface area contributed by atoms with E-state index >= 15 is 0 Å². The molecule has 8 aromatic rings. The molecule has 1 radical (unpaired) electrons. The molecule has 0 unspecified atom stereocenters. The quantitative estimate of drug-likeness (QED) is 0.158. The van der Waals surface area contributed by atoms with Gasteiger partial charge in [0.15, 0.2) is 0 Å². The fraction of sp³-hybridized carbons (Fsp3) is 0. The first kappa shape index (κ1) is 30.1. The molecular weight excluding hydrogens is 751 g/mol. The molecule has 0 amide bonds. The maximum atomic E-state index is 5.15. The van der Waals surface area contributed by atoms with Crippen molar-refractivity contribution in [1.29, 1.82) is 0 Å². The smallest absolute Gasteiger partial charge is 0.142 e. The Morgan fingerprint density at radius 3 is 1.53 bits per heavy atom. The summed E-state index contributed by atoms with van der Waals surface area (Å²) in [5.74, 6) is 0.652. The van der Waals surface area contributed by atoms with Crippen molar-refractivity contribution in [2.45, 2.75) is 0 Å². The normalized spacial score (nSPS) is 10.8. The monoisotopic (exact) mass is 779 g/mol. The predicted molar refractivity (Wildman–Crippen MR) is 189 cm³/mol. The molecule has 0 fully saturated rings. The third-order valence-electron chi connectivity index (χ3n) is 8.22.